The third-order valence-corrected chi connectivity index (χ3v) is 5.15. The summed E-state index contributed by atoms with van der Waals surface area (Å²) in [5, 5.41) is 3.54. The zero-order valence-corrected chi connectivity index (χ0v) is 14.0. The summed E-state index contributed by atoms with van der Waals surface area (Å²) in [7, 11) is 0. The molecule has 0 spiro atoms. The molecule has 0 aromatic carbocycles. The smallest absolute Gasteiger partial charge is 0.241 e. The minimum absolute atomic E-state index is 0.0496. The van der Waals surface area contributed by atoms with E-state index < -0.39 is 0 Å². The van der Waals surface area contributed by atoms with E-state index in [1.54, 1.807) is 11.3 Å². The first-order valence-electron chi connectivity index (χ1n) is 7.56. The zero-order chi connectivity index (χ0) is 14.9. The van der Waals surface area contributed by atoms with Crippen molar-refractivity contribution in [2.75, 3.05) is 6.54 Å². The summed E-state index contributed by atoms with van der Waals surface area (Å²) in [5.74, 6) is 1.12. The van der Waals surface area contributed by atoms with Crippen molar-refractivity contribution < 1.29 is 4.79 Å². The van der Waals surface area contributed by atoms with Crippen LogP contribution in [0.1, 0.15) is 50.0 Å². The number of hydrogen-bond acceptors (Lipinski definition) is 3. The molecule has 4 heteroatoms. The molecule has 0 saturated carbocycles. The number of nitrogens with one attached hydrogen (secondary N) is 1. The average Bonchev–Trinajstić information content (AvgIpc) is 2.95. The average molecular weight is 294 g/mol. The molecule has 0 aliphatic carbocycles. The fourth-order valence-electron chi connectivity index (χ4n) is 2.61. The van der Waals surface area contributed by atoms with Gasteiger partial charge in [-0.15, -0.1) is 11.3 Å². The maximum Gasteiger partial charge on any atom is 0.241 e. The van der Waals surface area contributed by atoms with Crippen LogP contribution in [0.5, 0.6) is 0 Å². The molecule has 112 valence electrons. The van der Waals surface area contributed by atoms with Crippen molar-refractivity contribution in [2.24, 2.45) is 11.8 Å². The van der Waals surface area contributed by atoms with Crippen molar-refractivity contribution in [3.8, 4) is 0 Å². The van der Waals surface area contributed by atoms with Crippen LogP contribution in [0.3, 0.4) is 0 Å². The molecule has 3 unspecified atom stereocenters. The molecule has 3 atom stereocenters. The van der Waals surface area contributed by atoms with Crippen LogP contribution in [0.15, 0.2) is 12.1 Å². The fourth-order valence-corrected chi connectivity index (χ4v) is 3.56. The van der Waals surface area contributed by atoms with Crippen molar-refractivity contribution in [2.45, 2.75) is 53.2 Å². The van der Waals surface area contributed by atoms with Gasteiger partial charge in [-0.2, -0.15) is 0 Å². The molecule has 3 nitrogen and oxygen atoms in total. The van der Waals surface area contributed by atoms with Gasteiger partial charge in [-0.3, -0.25) is 10.1 Å². The quantitative estimate of drug-likeness (QED) is 0.900. The number of carbonyl (C=O) groups excluding carboxylic acids is 1. The lowest BCUT2D eigenvalue weighted by Gasteiger charge is -2.26. The topological polar surface area (TPSA) is 32.3 Å². The van der Waals surface area contributed by atoms with Gasteiger partial charge in [0.15, 0.2) is 0 Å². The molecule has 2 rings (SSSR count). The molecule has 1 saturated heterocycles. The molecule has 1 aliphatic rings. The first-order chi connectivity index (χ1) is 9.43. The van der Waals surface area contributed by atoms with E-state index in [1.807, 2.05) is 4.90 Å². The number of rotatable bonds is 5. The molecule has 0 bridgehead atoms. The van der Waals surface area contributed by atoms with Crippen molar-refractivity contribution in [1.82, 2.24) is 10.2 Å². The Morgan fingerprint density at radius 1 is 1.35 bits per heavy atom. The summed E-state index contributed by atoms with van der Waals surface area (Å²) < 4.78 is 0. The molecule has 1 aromatic rings. The second kappa shape index (κ2) is 6.27. The highest BCUT2D eigenvalue weighted by molar-refractivity contribution is 7.12. The molecule has 1 fully saturated rings. The van der Waals surface area contributed by atoms with Gasteiger partial charge in [-0.25, -0.2) is 0 Å². The Morgan fingerprint density at radius 2 is 2.05 bits per heavy atom. The van der Waals surface area contributed by atoms with E-state index in [2.05, 4.69) is 52.1 Å². The van der Waals surface area contributed by atoms with Crippen molar-refractivity contribution in [3.05, 3.63) is 21.9 Å². The van der Waals surface area contributed by atoms with E-state index in [-0.39, 0.29) is 18.1 Å². The van der Waals surface area contributed by atoms with Crippen LogP contribution in [0.2, 0.25) is 0 Å². The lowest BCUT2D eigenvalue weighted by molar-refractivity contribution is -0.131. The second-order valence-corrected chi connectivity index (χ2v) is 7.56. The van der Waals surface area contributed by atoms with E-state index in [0.717, 1.165) is 13.0 Å². The molecule has 20 heavy (non-hydrogen) atoms. The molecule has 1 amide bonds. The van der Waals surface area contributed by atoms with Gasteiger partial charge in [0.1, 0.15) is 6.17 Å². The summed E-state index contributed by atoms with van der Waals surface area (Å²) in [5.41, 5.74) is 0. The van der Waals surface area contributed by atoms with Gasteiger partial charge in [0.05, 0.1) is 6.04 Å². The Balaban J connectivity index is 2.24. The number of nitrogens with zero attached hydrogens (tertiary/aromatic N) is 1. The van der Waals surface area contributed by atoms with Crippen LogP contribution in [0.4, 0.5) is 0 Å². The highest BCUT2D eigenvalue weighted by Gasteiger charge is 2.41. The molecule has 2 heterocycles. The summed E-state index contributed by atoms with van der Waals surface area (Å²) in [6, 6.07) is 4.24. The van der Waals surface area contributed by atoms with E-state index in [1.165, 1.54) is 9.75 Å². The molecular formula is C16H26N2OS. The van der Waals surface area contributed by atoms with Crippen LogP contribution >= 0.6 is 11.3 Å². The Morgan fingerprint density at radius 3 is 2.55 bits per heavy atom. The normalized spacial score (nSPS) is 24.7. The van der Waals surface area contributed by atoms with Gasteiger partial charge in [0.25, 0.3) is 0 Å². The Labute approximate surface area is 126 Å². The largest absolute Gasteiger partial charge is 0.320 e. The standard InChI is InChI=1S/C16H26N2OS/c1-6-11(4)9-18-15(13-8-7-12(5)20-13)17-14(10(2)3)16(18)19/h7-8,10-11,14-15,17H,6,9H2,1-5H3. The number of aryl methyl sites for hydroxylation is 1. The van der Waals surface area contributed by atoms with Crippen molar-refractivity contribution in [3.63, 3.8) is 0 Å². The van der Waals surface area contributed by atoms with Gasteiger partial charge < -0.3 is 4.90 Å². The zero-order valence-electron chi connectivity index (χ0n) is 13.1. The lowest BCUT2D eigenvalue weighted by atomic mass is 10.0. The van der Waals surface area contributed by atoms with E-state index in [9.17, 15) is 4.79 Å². The van der Waals surface area contributed by atoms with Gasteiger partial charge in [-0.05, 0) is 30.9 Å². The van der Waals surface area contributed by atoms with Crippen molar-refractivity contribution >= 4 is 17.2 Å². The molecule has 0 radical (unpaired) electrons. The van der Waals surface area contributed by atoms with Crippen LogP contribution in [-0.4, -0.2) is 23.4 Å². The number of thiophene rings is 1. The number of hydrogen-bond donors (Lipinski definition) is 1. The minimum Gasteiger partial charge on any atom is -0.320 e. The van der Waals surface area contributed by atoms with Gasteiger partial charge in [0.2, 0.25) is 5.91 Å². The fraction of sp³-hybridized carbons (Fsp3) is 0.688. The van der Waals surface area contributed by atoms with Crippen LogP contribution in [0.25, 0.3) is 0 Å². The monoisotopic (exact) mass is 294 g/mol. The predicted octanol–water partition coefficient (Wildman–Crippen LogP) is 3.56. The van der Waals surface area contributed by atoms with Crippen LogP contribution in [-0.2, 0) is 4.79 Å². The van der Waals surface area contributed by atoms with Gasteiger partial charge >= 0.3 is 0 Å². The summed E-state index contributed by atoms with van der Waals surface area (Å²) in [6.45, 7) is 11.6. The first kappa shape index (κ1) is 15.5. The molecule has 1 aliphatic heterocycles. The summed E-state index contributed by atoms with van der Waals surface area (Å²) in [4.78, 5) is 17.3. The van der Waals surface area contributed by atoms with Gasteiger partial charge in [-0.1, -0.05) is 34.1 Å². The Kier molecular flexibility index (Phi) is 4.86. The third kappa shape index (κ3) is 3.07. The van der Waals surface area contributed by atoms with E-state index in [4.69, 9.17) is 0 Å². The summed E-state index contributed by atoms with van der Waals surface area (Å²) >= 11 is 1.78. The SMILES string of the molecule is CCC(C)CN1C(=O)C(C(C)C)NC1c1ccc(C)s1. The molecule has 1 N–H and O–H groups in total. The molecular weight excluding hydrogens is 268 g/mol. The van der Waals surface area contributed by atoms with Gasteiger partial charge in [0, 0.05) is 16.3 Å². The Hall–Kier alpha value is -0.870. The number of carbonyl (C=O) groups is 1. The second-order valence-electron chi connectivity index (χ2n) is 6.24. The first-order valence-corrected chi connectivity index (χ1v) is 8.38. The van der Waals surface area contributed by atoms with Crippen LogP contribution in [0, 0.1) is 18.8 Å². The minimum atomic E-state index is -0.0496. The predicted molar refractivity (Wildman–Crippen MR) is 84.7 cm³/mol. The van der Waals surface area contributed by atoms with E-state index >= 15 is 0 Å². The summed E-state index contributed by atoms with van der Waals surface area (Å²) in [6.07, 6.45) is 1.16. The lowest BCUT2D eigenvalue weighted by Crippen LogP contribution is -2.36. The number of amides is 1. The maximum atomic E-state index is 12.7. The van der Waals surface area contributed by atoms with Crippen LogP contribution < -0.4 is 5.32 Å². The highest BCUT2D eigenvalue weighted by atomic mass is 32.1. The highest BCUT2D eigenvalue weighted by Crippen LogP contribution is 2.32. The van der Waals surface area contributed by atoms with E-state index in [0.29, 0.717) is 11.8 Å². The molecule has 1 aromatic heterocycles. The van der Waals surface area contributed by atoms with Crippen molar-refractivity contribution in [1.29, 1.82) is 0 Å². The Bertz CT molecular complexity index is 469. The third-order valence-electron chi connectivity index (χ3n) is 4.10. The maximum absolute atomic E-state index is 12.7.